The van der Waals surface area contributed by atoms with Crippen molar-refractivity contribution in [2.75, 3.05) is 26.6 Å². The summed E-state index contributed by atoms with van der Waals surface area (Å²) in [4.78, 5) is 13.5. The molecule has 0 aliphatic carbocycles. The molecule has 6 atom stereocenters. The zero-order chi connectivity index (χ0) is 45.0. The van der Waals surface area contributed by atoms with Crippen molar-refractivity contribution >= 4 is 33.8 Å². The van der Waals surface area contributed by atoms with Gasteiger partial charge in [0.15, 0.2) is 26.0 Å². The Bertz CT molecular complexity index is 2210. The highest BCUT2D eigenvalue weighted by Gasteiger charge is 2.59. The van der Waals surface area contributed by atoms with Gasteiger partial charge in [0.2, 0.25) is 0 Å². The molecule has 2 unspecified atom stereocenters. The molecule has 14 nitrogen and oxygen atoms in total. The van der Waals surface area contributed by atoms with Crippen LogP contribution in [0.5, 0.6) is 11.5 Å². The number of nitrogen functional groups attached to an aromatic ring is 1. The standard InChI is InChI=1S/C46H62N7O7PSi/c1-30(2)53(31(3)4)61(57-27-15-26-47)59-38-39(58-44(40(38)60-62(10,11)45(5,6)7)52-29-51-37-42(48)49-28-50-43(37)52)41(54)46(32-16-13-12-14-17-32,33-18-22-35(55-8)23-19-33)34-20-24-36(56-9)25-21-34/h12-14,16-25,28-31,38-41,44,54H,15,27H2,1-11H3,(H2,48,49,50)/t38-,39+,40-,41?,44-,61?/m1/s1. The second-order valence-electron chi connectivity index (χ2n) is 17.6. The molecule has 3 heterocycles. The zero-order valence-corrected chi connectivity index (χ0v) is 39.6. The number of methoxy groups -OCH3 is 2. The molecular weight excluding hydrogens is 822 g/mol. The third kappa shape index (κ3) is 9.25. The van der Waals surface area contributed by atoms with Crippen molar-refractivity contribution in [1.82, 2.24) is 24.2 Å². The van der Waals surface area contributed by atoms with Crippen molar-refractivity contribution < 1.29 is 32.8 Å². The van der Waals surface area contributed by atoms with E-state index in [9.17, 15) is 10.4 Å². The molecule has 0 saturated carbocycles. The first-order valence-corrected chi connectivity index (χ1v) is 25.1. The lowest BCUT2D eigenvalue weighted by atomic mass is 9.64. The molecule has 6 rings (SSSR count). The lowest BCUT2D eigenvalue weighted by Crippen LogP contribution is -2.55. The Morgan fingerprint density at radius 1 is 0.871 bits per heavy atom. The fourth-order valence-electron chi connectivity index (χ4n) is 8.03. The topological polar surface area (TPSA) is 172 Å². The summed E-state index contributed by atoms with van der Waals surface area (Å²) in [6.07, 6.45) is -1.98. The van der Waals surface area contributed by atoms with Crippen molar-refractivity contribution in [3.63, 3.8) is 0 Å². The average molecular weight is 884 g/mol. The number of aliphatic hydroxyl groups excluding tert-OH is 1. The fourth-order valence-corrected chi connectivity index (χ4v) is 11.1. The van der Waals surface area contributed by atoms with Crippen LogP contribution in [0.1, 0.15) is 77.8 Å². The first kappa shape index (κ1) is 47.0. The van der Waals surface area contributed by atoms with E-state index in [1.54, 1.807) is 25.1 Å². The number of rotatable bonds is 18. The molecular formula is C46H62N7O7PSi. The summed E-state index contributed by atoms with van der Waals surface area (Å²) < 4.78 is 44.1. The number of fused-ring (bicyclic) bond motifs is 1. The van der Waals surface area contributed by atoms with Crippen molar-refractivity contribution in [1.29, 1.82) is 5.26 Å². The Kier molecular flexibility index (Phi) is 14.8. The van der Waals surface area contributed by atoms with Gasteiger partial charge in [-0.25, -0.2) is 19.6 Å². The molecule has 5 aromatic rings. The summed E-state index contributed by atoms with van der Waals surface area (Å²) in [5, 5.41) is 23.3. The van der Waals surface area contributed by atoms with Gasteiger partial charge in [-0.05, 0) is 86.8 Å². The molecule has 3 aromatic carbocycles. The minimum atomic E-state index is -2.67. The number of hydrogen-bond acceptors (Lipinski definition) is 13. The van der Waals surface area contributed by atoms with Crippen molar-refractivity contribution in [3.05, 3.63) is 108 Å². The monoisotopic (exact) mass is 883 g/mol. The molecule has 16 heteroatoms. The van der Waals surface area contributed by atoms with E-state index in [0.717, 1.165) is 16.7 Å². The van der Waals surface area contributed by atoms with Crippen LogP contribution in [0.25, 0.3) is 11.2 Å². The van der Waals surface area contributed by atoms with E-state index in [1.807, 2.05) is 78.9 Å². The Morgan fingerprint density at radius 3 is 1.95 bits per heavy atom. The van der Waals surface area contributed by atoms with Gasteiger partial charge in [0.25, 0.3) is 8.53 Å². The molecule has 2 aromatic heterocycles. The fraction of sp³-hybridized carbons (Fsp3) is 0.478. The van der Waals surface area contributed by atoms with Gasteiger partial charge >= 0.3 is 0 Å². The summed E-state index contributed by atoms with van der Waals surface area (Å²) in [7, 11) is -1.30. The normalized spacial score (nSPS) is 19.6. The number of aromatic nitrogens is 4. The molecule has 1 saturated heterocycles. The molecule has 0 bridgehead atoms. The number of imidazole rings is 1. The number of benzene rings is 3. The Balaban J connectivity index is 1.67. The van der Waals surface area contributed by atoms with E-state index in [4.69, 9.17) is 33.4 Å². The minimum Gasteiger partial charge on any atom is -0.497 e. The highest BCUT2D eigenvalue weighted by Crippen LogP contribution is 2.55. The zero-order valence-electron chi connectivity index (χ0n) is 37.7. The highest BCUT2D eigenvalue weighted by molar-refractivity contribution is 7.44. The van der Waals surface area contributed by atoms with Crippen LogP contribution in [-0.4, -0.2) is 94.9 Å². The Hall–Kier alpha value is -4.49. The van der Waals surface area contributed by atoms with Gasteiger partial charge in [0, 0.05) is 12.1 Å². The number of anilines is 1. The Labute approximate surface area is 368 Å². The van der Waals surface area contributed by atoms with Gasteiger partial charge in [-0.1, -0.05) is 75.4 Å². The van der Waals surface area contributed by atoms with E-state index < -0.39 is 52.9 Å². The van der Waals surface area contributed by atoms with E-state index in [-0.39, 0.29) is 36.0 Å². The first-order chi connectivity index (χ1) is 29.5. The molecule has 1 aliphatic rings. The van der Waals surface area contributed by atoms with E-state index in [1.165, 1.54) is 6.33 Å². The maximum Gasteiger partial charge on any atom is 0.259 e. The third-order valence-corrected chi connectivity index (χ3v) is 18.7. The minimum absolute atomic E-state index is 0.0104. The van der Waals surface area contributed by atoms with Crippen molar-refractivity contribution in [3.8, 4) is 17.6 Å². The number of nitrogens with zero attached hydrogens (tertiary/aromatic N) is 6. The molecule has 332 valence electrons. The van der Waals surface area contributed by atoms with E-state index in [0.29, 0.717) is 22.7 Å². The maximum absolute atomic E-state index is 13.9. The van der Waals surface area contributed by atoms with Gasteiger partial charge < -0.3 is 38.5 Å². The van der Waals surface area contributed by atoms with Crippen LogP contribution in [0.15, 0.2) is 91.5 Å². The van der Waals surface area contributed by atoms with E-state index in [2.05, 4.69) is 87.3 Å². The van der Waals surface area contributed by atoms with Gasteiger partial charge in [-0.15, -0.1) is 0 Å². The number of nitrogens with two attached hydrogens (primary N) is 1. The Morgan fingerprint density at radius 2 is 1.44 bits per heavy atom. The number of nitriles is 1. The molecule has 1 fully saturated rings. The number of aliphatic hydroxyl groups is 1. The second-order valence-corrected chi connectivity index (χ2v) is 23.8. The summed E-state index contributed by atoms with van der Waals surface area (Å²) in [5.74, 6) is 1.55. The van der Waals surface area contributed by atoms with Crippen LogP contribution >= 0.6 is 8.53 Å². The summed E-state index contributed by atoms with van der Waals surface area (Å²) in [6.45, 7) is 19.4. The first-order valence-electron chi connectivity index (χ1n) is 21.0. The quantitative estimate of drug-likeness (QED) is 0.0371. The molecule has 0 radical (unpaired) electrons. The largest absolute Gasteiger partial charge is 0.497 e. The highest BCUT2D eigenvalue weighted by atomic mass is 31.2. The van der Waals surface area contributed by atoms with Crippen LogP contribution in [0, 0.1) is 11.3 Å². The molecule has 3 N–H and O–H groups in total. The molecule has 0 amide bonds. The third-order valence-electron chi connectivity index (χ3n) is 12.1. The van der Waals surface area contributed by atoms with Crippen LogP contribution < -0.4 is 15.2 Å². The predicted molar refractivity (Wildman–Crippen MR) is 244 cm³/mol. The molecule has 62 heavy (non-hydrogen) atoms. The summed E-state index contributed by atoms with van der Waals surface area (Å²) in [5.41, 5.74) is 8.29. The lowest BCUT2D eigenvalue weighted by molar-refractivity contribution is -0.0952. The lowest BCUT2D eigenvalue weighted by Gasteiger charge is -2.45. The molecule has 0 spiro atoms. The van der Waals surface area contributed by atoms with Crippen LogP contribution in [0.2, 0.25) is 18.1 Å². The van der Waals surface area contributed by atoms with Gasteiger partial charge in [-0.2, -0.15) is 5.26 Å². The average Bonchev–Trinajstić information content (AvgIpc) is 3.83. The van der Waals surface area contributed by atoms with Crippen LogP contribution in [0.4, 0.5) is 5.82 Å². The summed E-state index contributed by atoms with van der Waals surface area (Å²) in [6, 6.07) is 27.6. The smallest absolute Gasteiger partial charge is 0.259 e. The van der Waals surface area contributed by atoms with Gasteiger partial charge in [0.1, 0.15) is 47.8 Å². The van der Waals surface area contributed by atoms with Crippen molar-refractivity contribution in [2.45, 2.75) is 121 Å². The summed E-state index contributed by atoms with van der Waals surface area (Å²) >= 11 is 0. The molecule has 1 aliphatic heterocycles. The number of ether oxygens (including phenoxy) is 3. The van der Waals surface area contributed by atoms with Gasteiger partial charge in [-0.3, -0.25) is 4.57 Å². The van der Waals surface area contributed by atoms with Crippen LogP contribution in [0.3, 0.4) is 0 Å². The predicted octanol–water partition coefficient (Wildman–Crippen LogP) is 8.77. The maximum atomic E-state index is 13.9. The van der Waals surface area contributed by atoms with Crippen LogP contribution in [-0.2, 0) is 23.6 Å². The second kappa shape index (κ2) is 19.5. The van der Waals surface area contributed by atoms with Gasteiger partial charge in [0.05, 0.1) is 45.1 Å². The van der Waals surface area contributed by atoms with Crippen molar-refractivity contribution in [2.24, 2.45) is 0 Å². The SMILES string of the molecule is COc1ccc(C(c2ccccc2)(c2ccc(OC)cc2)C(O)[C@H]2O[C@@H](n3cnc4c(N)ncnc43)[C@H](O[Si](C)(C)C(C)(C)C)[C@@H]2OP(OCCC#N)N(C(C)C)C(C)C)cc1. The van der Waals surface area contributed by atoms with E-state index >= 15 is 0 Å². The number of hydrogen-bond donors (Lipinski definition) is 2.